The number of rotatable bonds is 4. The van der Waals surface area contributed by atoms with Crippen molar-refractivity contribution in [1.82, 2.24) is 0 Å². The van der Waals surface area contributed by atoms with Crippen LogP contribution < -0.4 is 5.14 Å². The van der Waals surface area contributed by atoms with Crippen LogP contribution in [0, 0.1) is 0 Å². The number of aliphatic hydroxyl groups is 1. The molecule has 0 saturated heterocycles. The third kappa shape index (κ3) is 3.04. The van der Waals surface area contributed by atoms with Crippen molar-refractivity contribution in [3.05, 3.63) is 29.8 Å². The lowest BCUT2D eigenvalue weighted by atomic mass is 9.92. The summed E-state index contributed by atoms with van der Waals surface area (Å²) in [5.41, 5.74) is 0.921. The van der Waals surface area contributed by atoms with Crippen molar-refractivity contribution in [3.8, 4) is 0 Å². The molecule has 2 atom stereocenters. The second kappa shape index (κ2) is 4.95. The molecule has 90 valence electrons. The van der Waals surface area contributed by atoms with Crippen molar-refractivity contribution in [2.45, 2.75) is 37.2 Å². The van der Waals surface area contributed by atoms with E-state index >= 15 is 0 Å². The molecule has 3 N–H and O–H groups in total. The van der Waals surface area contributed by atoms with Crippen LogP contribution in [0.3, 0.4) is 0 Å². The van der Waals surface area contributed by atoms with E-state index in [0.29, 0.717) is 0 Å². The van der Waals surface area contributed by atoms with Crippen LogP contribution in [0.25, 0.3) is 0 Å². The van der Waals surface area contributed by atoms with Crippen LogP contribution in [0.4, 0.5) is 0 Å². The standard InChI is InChI=1S/C11H17NO3S/c1-3-11(8(2)13)9-4-6-10(7-5-9)16(12,14)15/h4-8,11,13H,3H2,1-2H3,(H2,12,14,15). The molecule has 2 unspecified atom stereocenters. The SMILES string of the molecule is CCC(c1ccc(S(N)(=O)=O)cc1)C(C)O. The molecule has 1 rings (SSSR count). The zero-order valence-corrected chi connectivity index (χ0v) is 10.2. The lowest BCUT2D eigenvalue weighted by Gasteiger charge is -2.18. The summed E-state index contributed by atoms with van der Waals surface area (Å²) in [6, 6.07) is 6.33. The van der Waals surface area contributed by atoms with Crippen molar-refractivity contribution in [3.63, 3.8) is 0 Å². The van der Waals surface area contributed by atoms with E-state index in [1.165, 1.54) is 12.1 Å². The zero-order valence-electron chi connectivity index (χ0n) is 9.42. The maximum absolute atomic E-state index is 11.0. The maximum atomic E-state index is 11.0. The fourth-order valence-electron chi connectivity index (χ4n) is 1.76. The van der Waals surface area contributed by atoms with Crippen molar-refractivity contribution in [1.29, 1.82) is 0 Å². The van der Waals surface area contributed by atoms with Gasteiger partial charge in [0, 0.05) is 5.92 Å². The molecule has 1 aromatic carbocycles. The molecule has 0 fully saturated rings. The number of benzene rings is 1. The van der Waals surface area contributed by atoms with Gasteiger partial charge in [0.2, 0.25) is 10.0 Å². The number of nitrogens with two attached hydrogens (primary N) is 1. The second-order valence-corrected chi connectivity index (χ2v) is 5.43. The van der Waals surface area contributed by atoms with Gasteiger partial charge in [0.15, 0.2) is 0 Å². The Kier molecular flexibility index (Phi) is 4.07. The highest BCUT2D eigenvalue weighted by Crippen LogP contribution is 2.24. The molecule has 0 aliphatic rings. The fraction of sp³-hybridized carbons (Fsp3) is 0.455. The monoisotopic (exact) mass is 243 g/mol. The molecule has 0 aromatic heterocycles. The number of primary sulfonamides is 1. The molecular formula is C11H17NO3S. The predicted molar refractivity (Wildman–Crippen MR) is 62.5 cm³/mol. The van der Waals surface area contributed by atoms with Gasteiger partial charge in [-0.3, -0.25) is 0 Å². The van der Waals surface area contributed by atoms with Gasteiger partial charge in [-0.25, -0.2) is 13.6 Å². The van der Waals surface area contributed by atoms with Gasteiger partial charge in [-0.05, 0) is 31.0 Å². The Hall–Kier alpha value is -0.910. The minimum absolute atomic E-state index is 0.0227. The van der Waals surface area contributed by atoms with Gasteiger partial charge >= 0.3 is 0 Å². The van der Waals surface area contributed by atoms with E-state index < -0.39 is 16.1 Å². The highest BCUT2D eigenvalue weighted by Gasteiger charge is 2.16. The van der Waals surface area contributed by atoms with Crippen LogP contribution in [-0.2, 0) is 10.0 Å². The zero-order chi connectivity index (χ0) is 12.3. The molecule has 0 spiro atoms. The lowest BCUT2D eigenvalue weighted by Crippen LogP contribution is -2.15. The van der Waals surface area contributed by atoms with Crippen LogP contribution in [0.2, 0.25) is 0 Å². The van der Waals surface area contributed by atoms with Gasteiger partial charge < -0.3 is 5.11 Å². The Morgan fingerprint density at radius 3 is 2.12 bits per heavy atom. The van der Waals surface area contributed by atoms with Gasteiger partial charge in [0.05, 0.1) is 11.0 Å². The molecule has 16 heavy (non-hydrogen) atoms. The van der Waals surface area contributed by atoms with E-state index in [2.05, 4.69) is 0 Å². The smallest absolute Gasteiger partial charge is 0.238 e. The first-order chi connectivity index (χ1) is 7.36. The average Bonchev–Trinajstić information content (AvgIpc) is 2.17. The normalized spacial score (nSPS) is 15.8. The van der Waals surface area contributed by atoms with E-state index in [1.807, 2.05) is 6.92 Å². The van der Waals surface area contributed by atoms with E-state index in [4.69, 9.17) is 5.14 Å². The number of sulfonamides is 1. The van der Waals surface area contributed by atoms with Crippen LogP contribution in [0.1, 0.15) is 31.7 Å². The minimum atomic E-state index is -3.63. The van der Waals surface area contributed by atoms with E-state index in [1.54, 1.807) is 19.1 Å². The van der Waals surface area contributed by atoms with Crippen LogP contribution >= 0.6 is 0 Å². The van der Waals surface area contributed by atoms with E-state index in [0.717, 1.165) is 12.0 Å². The molecule has 0 bridgehead atoms. The lowest BCUT2D eigenvalue weighted by molar-refractivity contribution is 0.160. The number of hydrogen-bond donors (Lipinski definition) is 2. The Morgan fingerprint density at radius 1 is 1.31 bits per heavy atom. The molecule has 5 heteroatoms. The van der Waals surface area contributed by atoms with Gasteiger partial charge in [0.1, 0.15) is 0 Å². The quantitative estimate of drug-likeness (QED) is 0.834. The first-order valence-electron chi connectivity index (χ1n) is 5.17. The summed E-state index contributed by atoms with van der Waals surface area (Å²) in [4.78, 5) is 0.0942. The summed E-state index contributed by atoms with van der Waals surface area (Å²) in [5.74, 6) is 0.0227. The first kappa shape index (κ1) is 13.2. The summed E-state index contributed by atoms with van der Waals surface area (Å²) in [5, 5.41) is 14.5. The number of hydrogen-bond acceptors (Lipinski definition) is 3. The van der Waals surface area contributed by atoms with Gasteiger partial charge in [-0.15, -0.1) is 0 Å². The van der Waals surface area contributed by atoms with Crippen LogP contribution in [0.5, 0.6) is 0 Å². The largest absolute Gasteiger partial charge is 0.393 e. The molecular weight excluding hydrogens is 226 g/mol. The van der Waals surface area contributed by atoms with Crippen molar-refractivity contribution >= 4 is 10.0 Å². The first-order valence-corrected chi connectivity index (χ1v) is 6.71. The maximum Gasteiger partial charge on any atom is 0.238 e. The predicted octanol–water partition coefficient (Wildman–Crippen LogP) is 1.21. The third-order valence-electron chi connectivity index (χ3n) is 2.66. The summed E-state index contributed by atoms with van der Waals surface area (Å²) in [6.45, 7) is 3.70. The van der Waals surface area contributed by atoms with E-state index in [9.17, 15) is 13.5 Å². The Morgan fingerprint density at radius 2 is 1.81 bits per heavy atom. The minimum Gasteiger partial charge on any atom is -0.393 e. The average molecular weight is 243 g/mol. The van der Waals surface area contributed by atoms with E-state index in [-0.39, 0.29) is 10.8 Å². The second-order valence-electron chi connectivity index (χ2n) is 3.87. The molecule has 0 saturated carbocycles. The summed E-state index contributed by atoms with van der Waals surface area (Å²) < 4.78 is 22.1. The molecule has 1 aromatic rings. The van der Waals surface area contributed by atoms with Gasteiger partial charge in [-0.2, -0.15) is 0 Å². The van der Waals surface area contributed by atoms with Gasteiger partial charge in [-0.1, -0.05) is 19.1 Å². The third-order valence-corrected chi connectivity index (χ3v) is 3.59. The topological polar surface area (TPSA) is 80.4 Å². The van der Waals surface area contributed by atoms with Crippen molar-refractivity contribution < 1.29 is 13.5 Å². The van der Waals surface area contributed by atoms with Crippen molar-refractivity contribution in [2.75, 3.05) is 0 Å². The van der Waals surface area contributed by atoms with Crippen LogP contribution in [0.15, 0.2) is 29.2 Å². The van der Waals surface area contributed by atoms with Gasteiger partial charge in [0.25, 0.3) is 0 Å². The fourth-order valence-corrected chi connectivity index (χ4v) is 2.28. The number of aliphatic hydroxyl groups excluding tert-OH is 1. The summed E-state index contributed by atoms with van der Waals surface area (Å²) in [6.07, 6.45) is 0.345. The summed E-state index contributed by atoms with van der Waals surface area (Å²) in [7, 11) is -3.63. The van der Waals surface area contributed by atoms with Crippen molar-refractivity contribution in [2.24, 2.45) is 5.14 Å². The molecule has 0 heterocycles. The molecule has 4 nitrogen and oxygen atoms in total. The highest BCUT2D eigenvalue weighted by atomic mass is 32.2. The Bertz CT molecular complexity index is 437. The molecule has 0 radical (unpaired) electrons. The molecule has 0 aliphatic carbocycles. The molecule has 0 amide bonds. The Balaban J connectivity index is 3.03. The summed E-state index contributed by atoms with van der Waals surface area (Å²) >= 11 is 0. The Labute approximate surface area is 96.2 Å². The highest BCUT2D eigenvalue weighted by molar-refractivity contribution is 7.89. The van der Waals surface area contributed by atoms with Crippen LogP contribution in [-0.4, -0.2) is 19.6 Å². The molecule has 0 aliphatic heterocycles.